The predicted molar refractivity (Wildman–Crippen MR) is 125 cm³/mol. The number of thiophene rings is 1. The fourth-order valence-corrected chi connectivity index (χ4v) is 5.30. The topological polar surface area (TPSA) is 95.2 Å². The lowest BCUT2D eigenvalue weighted by Gasteiger charge is -2.17. The second kappa shape index (κ2) is 9.65. The molecular weight excluding hydrogens is 432 g/mol. The van der Waals surface area contributed by atoms with Gasteiger partial charge >= 0.3 is 0 Å². The maximum atomic E-state index is 12.7. The Morgan fingerprint density at radius 2 is 2.00 bits per heavy atom. The highest BCUT2D eigenvalue weighted by Crippen LogP contribution is 2.30. The van der Waals surface area contributed by atoms with E-state index in [0.717, 1.165) is 37.1 Å². The van der Waals surface area contributed by atoms with Crippen LogP contribution in [0.15, 0.2) is 40.5 Å². The quantitative estimate of drug-likeness (QED) is 0.570. The molecule has 1 unspecified atom stereocenters. The minimum absolute atomic E-state index is 0.0300. The molecule has 3 heterocycles. The molecule has 1 fully saturated rings. The average molecular weight is 457 g/mol. The van der Waals surface area contributed by atoms with Gasteiger partial charge in [0.15, 0.2) is 0 Å². The summed E-state index contributed by atoms with van der Waals surface area (Å²) in [7, 11) is 0. The standard InChI is InChI=1S/C22H24N4O3S2/c1-14(20(28)23-11-18(27)26-9-5-6-10-26)30-13-17-24-21(29)19-16(12-31-22(19)25-17)15-7-3-2-4-8-15/h2-4,7-8,12,14H,5-6,9-11,13H2,1H3,(H,23,28)(H,24,25,29). The molecule has 2 aromatic heterocycles. The van der Waals surface area contributed by atoms with Gasteiger partial charge in [0.1, 0.15) is 10.7 Å². The summed E-state index contributed by atoms with van der Waals surface area (Å²) in [6.45, 7) is 3.36. The Bertz CT molecular complexity index is 1140. The van der Waals surface area contributed by atoms with E-state index in [4.69, 9.17) is 0 Å². The van der Waals surface area contributed by atoms with Crippen molar-refractivity contribution >= 4 is 45.1 Å². The Hall–Kier alpha value is -2.65. The normalized spacial score (nSPS) is 14.7. The molecule has 31 heavy (non-hydrogen) atoms. The molecule has 1 atom stereocenters. The number of rotatable bonds is 7. The second-order valence-corrected chi connectivity index (χ2v) is 9.65. The number of fused-ring (bicyclic) bond motifs is 1. The Morgan fingerprint density at radius 3 is 2.74 bits per heavy atom. The van der Waals surface area contributed by atoms with E-state index in [0.29, 0.717) is 21.8 Å². The van der Waals surface area contributed by atoms with Gasteiger partial charge in [-0.15, -0.1) is 23.1 Å². The van der Waals surface area contributed by atoms with E-state index < -0.39 is 0 Å². The van der Waals surface area contributed by atoms with Crippen molar-refractivity contribution in [3.05, 3.63) is 51.9 Å². The van der Waals surface area contributed by atoms with Gasteiger partial charge in [-0.05, 0) is 25.3 Å². The van der Waals surface area contributed by atoms with Crippen molar-refractivity contribution in [2.45, 2.75) is 30.8 Å². The van der Waals surface area contributed by atoms with E-state index in [1.165, 1.54) is 23.1 Å². The third kappa shape index (κ3) is 4.99. The summed E-state index contributed by atoms with van der Waals surface area (Å²) >= 11 is 2.82. The van der Waals surface area contributed by atoms with Gasteiger partial charge in [-0.1, -0.05) is 30.3 Å². The molecule has 9 heteroatoms. The summed E-state index contributed by atoms with van der Waals surface area (Å²) in [6.07, 6.45) is 2.05. The molecule has 2 amide bonds. The Labute approximate surface area is 188 Å². The summed E-state index contributed by atoms with van der Waals surface area (Å²) in [4.78, 5) is 47.0. The molecule has 4 rings (SSSR count). The zero-order chi connectivity index (χ0) is 21.8. The number of nitrogens with one attached hydrogen (secondary N) is 2. The Balaban J connectivity index is 1.37. The number of aromatic nitrogens is 2. The molecule has 162 valence electrons. The van der Waals surface area contributed by atoms with E-state index in [1.54, 1.807) is 11.8 Å². The number of hydrogen-bond donors (Lipinski definition) is 2. The van der Waals surface area contributed by atoms with Crippen LogP contribution in [0.2, 0.25) is 0 Å². The SMILES string of the molecule is CC(SCc1nc2scc(-c3ccccc3)c2c(=O)[nH]1)C(=O)NCC(=O)N1CCCC1. The lowest BCUT2D eigenvalue weighted by molar-refractivity contribution is -0.131. The van der Waals surface area contributed by atoms with Gasteiger partial charge in [-0.2, -0.15) is 0 Å². The van der Waals surface area contributed by atoms with Crippen LogP contribution in [0, 0.1) is 0 Å². The molecule has 3 aromatic rings. The Kier molecular flexibility index (Phi) is 6.72. The minimum atomic E-state index is -0.365. The fourth-order valence-electron chi connectivity index (χ4n) is 3.56. The molecule has 0 spiro atoms. The minimum Gasteiger partial charge on any atom is -0.346 e. The van der Waals surface area contributed by atoms with Crippen molar-refractivity contribution in [1.82, 2.24) is 20.2 Å². The van der Waals surface area contributed by atoms with E-state index in [2.05, 4.69) is 15.3 Å². The maximum absolute atomic E-state index is 12.7. The van der Waals surface area contributed by atoms with Crippen LogP contribution in [-0.2, 0) is 15.3 Å². The van der Waals surface area contributed by atoms with Crippen molar-refractivity contribution in [1.29, 1.82) is 0 Å². The number of nitrogens with zero attached hydrogens (tertiary/aromatic N) is 2. The molecule has 1 aliphatic rings. The smallest absolute Gasteiger partial charge is 0.260 e. The van der Waals surface area contributed by atoms with Crippen molar-refractivity contribution in [3.8, 4) is 11.1 Å². The molecule has 0 aliphatic carbocycles. The highest BCUT2D eigenvalue weighted by molar-refractivity contribution is 7.99. The van der Waals surface area contributed by atoms with Crippen LogP contribution in [0.4, 0.5) is 0 Å². The molecule has 1 aromatic carbocycles. The fraction of sp³-hybridized carbons (Fsp3) is 0.364. The number of benzene rings is 1. The number of hydrogen-bond acceptors (Lipinski definition) is 6. The summed E-state index contributed by atoms with van der Waals surface area (Å²) in [5, 5.41) is 4.90. The number of carbonyl (C=O) groups excluding carboxylic acids is 2. The van der Waals surface area contributed by atoms with Gasteiger partial charge in [-0.25, -0.2) is 4.98 Å². The molecule has 0 bridgehead atoms. The monoisotopic (exact) mass is 456 g/mol. The number of carbonyl (C=O) groups is 2. The van der Waals surface area contributed by atoms with Crippen LogP contribution in [0.25, 0.3) is 21.3 Å². The zero-order valence-corrected chi connectivity index (χ0v) is 18.9. The molecule has 1 saturated heterocycles. The summed E-state index contributed by atoms with van der Waals surface area (Å²) < 4.78 is 0. The number of aromatic amines is 1. The van der Waals surface area contributed by atoms with Crippen LogP contribution in [0.3, 0.4) is 0 Å². The van der Waals surface area contributed by atoms with E-state index in [1.807, 2.05) is 35.7 Å². The predicted octanol–water partition coefficient (Wildman–Crippen LogP) is 3.01. The molecule has 0 saturated carbocycles. The number of thioether (sulfide) groups is 1. The van der Waals surface area contributed by atoms with Gasteiger partial charge in [0.2, 0.25) is 11.8 Å². The van der Waals surface area contributed by atoms with Crippen LogP contribution >= 0.6 is 23.1 Å². The number of H-pyrrole nitrogens is 1. The van der Waals surface area contributed by atoms with Gasteiger partial charge in [0, 0.05) is 24.0 Å². The highest BCUT2D eigenvalue weighted by atomic mass is 32.2. The van der Waals surface area contributed by atoms with Crippen molar-refractivity contribution < 1.29 is 9.59 Å². The second-order valence-electron chi connectivity index (χ2n) is 7.47. The van der Waals surface area contributed by atoms with E-state index in [9.17, 15) is 14.4 Å². The van der Waals surface area contributed by atoms with Crippen molar-refractivity contribution in [2.24, 2.45) is 0 Å². The van der Waals surface area contributed by atoms with Crippen LogP contribution < -0.4 is 10.9 Å². The summed E-state index contributed by atoms with van der Waals surface area (Å²) in [5.41, 5.74) is 1.69. The maximum Gasteiger partial charge on any atom is 0.260 e. The molecule has 1 aliphatic heterocycles. The lowest BCUT2D eigenvalue weighted by Crippen LogP contribution is -2.41. The van der Waals surface area contributed by atoms with E-state index >= 15 is 0 Å². The van der Waals surface area contributed by atoms with Crippen molar-refractivity contribution in [3.63, 3.8) is 0 Å². The first kappa shape index (κ1) is 21.6. The van der Waals surface area contributed by atoms with Crippen LogP contribution in [0.1, 0.15) is 25.6 Å². The molecular formula is C22H24N4O3S2. The Morgan fingerprint density at radius 1 is 1.26 bits per heavy atom. The van der Waals surface area contributed by atoms with Gasteiger partial charge in [-0.3, -0.25) is 14.4 Å². The summed E-state index contributed by atoms with van der Waals surface area (Å²) in [5.74, 6) is 0.713. The van der Waals surface area contributed by atoms with E-state index in [-0.39, 0.29) is 29.2 Å². The lowest BCUT2D eigenvalue weighted by atomic mass is 10.1. The molecule has 0 radical (unpaired) electrons. The van der Waals surface area contributed by atoms with Crippen LogP contribution in [-0.4, -0.2) is 51.6 Å². The summed E-state index contributed by atoms with van der Waals surface area (Å²) in [6, 6.07) is 9.77. The van der Waals surface area contributed by atoms with Gasteiger partial charge in [0.05, 0.1) is 22.9 Å². The zero-order valence-electron chi connectivity index (χ0n) is 17.2. The third-order valence-corrected chi connectivity index (χ3v) is 7.32. The van der Waals surface area contributed by atoms with Crippen molar-refractivity contribution in [2.75, 3.05) is 19.6 Å². The van der Waals surface area contributed by atoms with Gasteiger partial charge in [0.25, 0.3) is 5.56 Å². The largest absolute Gasteiger partial charge is 0.346 e. The van der Waals surface area contributed by atoms with Crippen LogP contribution in [0.5, 0.6) is 0 Å². The van der Waals surface area contributed by atoms with Gasteiger partial charge < -0.3 is 15.2 Å². The first-order chi connectivity index (χ1) is 15.0. The third-order valence-electron chi connectivity index (χ3n) is 5.29. The number of likely N-dealkylation sites (tertiary alicyclic amines) is 1. The molecule has 2 N–H and O–H groups in total. The average Bonchev–Trinajstić information content (AvgIpc) is 3.46. The highest BCUT2D eigenvalue weighted by Gasteiger charge is 2.20. The first-order valence-electron chi connectivity index (χ1n) is 10.3. The number of amides is 2. The molecule has 7 nitrogen and oxygen atoms in total. The first-order valence-corrected chi connectivity index (χ1v) is 12.2.